The number of benzene rings is 2. The van der Waals surface area contributed by atoms with Gasteiger partial charge in [-0.25, -0.2) is 0 Å². The summed E-state index contributed by atoms with van der Waals surface area (Å²) in [5, 5.41) is 11.1. The number of aryl methyl sites for hydroxylation is 1. The van der Waals surface area contributed by atoms with Crippen LogP contribution in [0, 0.1) is 6.92 Å². The number of carbonyl (C=O) groups is 1. The number of nitrogens with zero attached hydrogens (tertiary/aromatic N) is 2. The van der Waals surface area contributed by atoms with Gasteiger partial charge in [0, 0.05) is 49.0 Å². The Balaban J connectivity index is 0.00000300. The van der Waals surface area contributed by atoms with Gasteiger partial charge >= 0.3 is 0 Å². The fraction of sp³-hybridized carbons (Fsp3) is 0.409. The molecule has 1 saturated heterocycles. The molecule has 2 aromatic carbocycles. The molecule has 1 unspecified atom stereocenters. The zero-order valence-electron chi connectivity index (χ0n) is 16.8. The average molecular weight is 439 g/mol. The van der Waals surface area contributed by atoms with Gasteiger partial charge in [0.2, 0.25) is 0 Å². The maximum atomic E-state index is 11.3. The van der Waals surface area contributed by atoms with E-state index in [1.165, 1.54) is 18.2 Å². The van der Waals surface area contributed by atoms with E-state index < -0.39 is 6.10 Å². The van der Waals surface area contributed by atoms with Gasteiger partial charge in [0.25, 0.3) is 0 Å². The lowest BCUT2D eigenvalue weighted by molar-refractivity contribution is 0.0663. The molecule has 158 valence electrons. The SMILES string of the molecule is CC(=O)c1ccc(OCC(O)CN2CCN(c3cc(Cl)ccc3C)CC2)cc1.Cl. The summed E-state index contributed by atoms with van der Waals surface area (Å²) in [7, 11) is 0. The molecule has 0 spiro atoms. The van der Waals surface area contributed by atoms with E-state index in [0.29, 0.717) is 17.9 Å². The Hall–Kier alpha value is -1.79. The van der Waals surface area contributed by atoms with Gasteiger partial charge in [0.05, 0.1) is 0 Å². The van der Waals surface area contributed by atoms with E-state index in [4.69, 9.17) is 16.3 Å². The number of anilines is 1. The van der Waals surface area contributed by atoms with Gasteiger partial charge in [-0.2, -0.15) is 0 Å². The molecule has 29 heavy (non-hydrogen) atoms. The minimum atomic E-state index is -0.563. The number of ketones is 1. The van der Waals surface area contributed by atoms with E-state index in [1.54, 1.807) is 24.3 Å². The van der Waals surface area contributed by atoms with Crippen molar-refractivity contribution in [2.45, 2.75) is 20.0 Å². The molecule has 1 atom stereocenters. The number of aliphatic hydroxyl groups excluding tert-OH is 1. The van der Waals surface area contributed by atoms with Gasteiger partial charge in [0.1, 0.15) is 18.5 Å². The van der Waals surface area contributed by atoms with Crippen LogP contribution in [0.1, 0.15) is 22.8 Å². The first kappa shape index (κ1) is 23.5. The lowest BCUT2D eigenvalue weighted by Gasteiger charge is -2.37. The first-order chi connectivity index (χ1) is 13.4. The third-order valence-corrected chi connectivity index (χ3v) is 5.29. The van der Waals surface area contributed by atoms with Crippen molar-refractivity contribution in [2.75, 3.05) is 44.2 Å². The summed E-state index contributed by atoms with van der Waals surface area (Å²) >= 11 is 6.14. The Morgan fingerprint density at radius 3 is 2.41 bits per heavy atom. The number of hydrogen-bond acceptors (Lipinski definition) is 5. The molecule has 1 aliphatic heterocycles. The van der Waals surface area contributed by atoms with Gasteiger partial charge in [-0.05, 0) is 55.8 Å². The Morgan fingerprint density at radius 2 is 1.79 bits per heavy atom. The normalized spacial score (nSPS) is 15.5. The summed E-state index contributed by atoms with van der Waals surface area (Å²) in [6, 6.07) is 13.0. The molecule has 5 nitrogen and oxygen atoms in total. The second kappa shape index (κ2) is 10.8. The predicted octanol–water partition coefficient (Wildman–Crippen LogP) is 3.83. The maximum absolute atomic E-state index is 11.3. The van der Waals surface area contributed by atoms with Crippen molar-refractivity contribution >= 4 is 35.5 Å². The summed E-state index contributed by atoms with van der Waals surface area (Å²) < 4.78 is 5.65. The Kier molecular flexibility index (Phi) is 8.78. The van der Waals surface area contributed by atoms with Crippen LogP contribution < -0.4 is 9.64 Å². The van der Waals surface area contributed by atoms with E-state index in [1.807, 2.05) is 18.2 Å². The molecule has 1 aliphatic rings. The third kappa shape index (κ3) is 6.61. The van der Waals surface area contributed by atoms with Crippen LogP contribution in [0.3, 0.4) is 0 Å². The first-order valence-corrected chi connectivity index (χ1v) is 9.95. The van der Waals surface area contributed by atoms with E-state index in [0.717, 1.165) is 31.2 Å². The van der Waals surface area contributed by atoms with Gasteiger partial charge in [-0.1, -0.05) is 17.7 Å². The average Bonchev–Trinajstić information content (AvgIpc) is 2.69. The number of piperazine rings is 1. The Labute approximate surface area is 183 Å². The van der Waals surface area contributed by atoms with Crippen LogP contribution in [0.5, 0.6) is 5.75 Å². The fourth-order valence-electron chi connectivity index (χ4n) is 3.42. The number of aliphatic hydroxyl groups is 1. The zero-order valence-corrected chi connectivity index (χ0v) is 18.4. The minimum Gasteiger partial charge on any atom is -0.491 e. The van der Waals surface area contributed by atoms with E-state index in [-0.39, 0.29) is 24.8 Å². The van der Waals surface area contributed by atoms with Crippen LogP contribution in [0.25, 0.3) is 0 Å². The molecular weight excluding hydrogens is 411 g/mol. The van der Waals surface area contributed by atoms with Crippen molar-refractivity contribution in [3.05, 3.63) is 58.6 Å². The summed E-state index contributed by atoms with van der Waals surface area (Å²) in [4.78, 5) is 15.9. The highest BCUT2D eigenvalue weighted by Gasteiger charge is 2.21. The fourth-order valence-corrected chi connectivity index (χ4v) is 3.59. The van der Waals surface area contributed by atoms with Crippen molar-refractivity contribution in [3.8, 4) is 5.75 Å². The van der Waals surface area contributed by atoms with E-state index >= 15 is 0 Å². The monoisotopic (exact) mass is 438 g/mol. The molecule has 0 radical (unpaired) electrons. The molecule has 0 bridgehead atoms. The van der Waals surface area contributed by atoms with Crippen LogP contribution in [-0.4, -0.2) is 61.2 Å². The highest BCUT2D eigenvalue weighted by molar-refractivity contribution is 6.30. The second-order valence-corrected chi connectivity index (χ2v) is 7.70. The number of ether oxygens (including phenoxy) is 1. The van der Waals surface area contributed by atoms with Crippen molar-refractivity contribution in [2.24, 2.45) is 0 Å². The highest BCUT2D eigenvalue weighted by Crippen LogP contribution is 2.25. The van der Waals surface area contributed by atoms with Crippen molar-refractivity contribution < 1.29 is 14.6 Å². The maximum Gasteiger partial charge on any atom is 0.159 e. The zero-order chi connectivity index (χ0) is 20.1. The summed E-state index contributed by atoms with van der Waals surface area (Å²) in [5.74, 6) is 0.684. The second-order valence-electron chi connectivity index (χ2n) is 7.26. The lowest BCUT2D eigenvalue weighted by Crippen LogP contribution is -2.49. The van der Waals surface area contributed by atoms with Crippen LogP contribution in [0.2, 0.25) is 5.02 Å². The van der Waals surface area contributed by atoms with E-state index in [9.17, 15) is 9.90 Å². The molecule has 1 heterocycles. The Bertz CT molecular complexity index is 806. The van der Waals surface area contributed by atoms with Crippen LogP contribution in [0.15, 0.2) is 42.5 Å². The molecule has 0 aromatic heterocycles. The van der Waals surface area contributed by atoms with Crippen LogP contribution in [0.4, 0.5) is 5.69 Å². The molecule has 0 amide bonds. The number of carbonyl (C=O) groups excluding carboxylic acids is 1. The highest BCUT2D eigenvalue weighted by atomic mass is 35.5. The quantitative estimate of drug-likeness (QED) is 0.665. The molecule has 0 aliphatic carbocycles. The number of hydrogen-bond donors (Lipinski definition) is 1. The molecular formula is C22H28Cl2N2O3. The predicted molar refractivity (Wildman–Crippen MR) is 120 cm³/mol. The smallest absolute Gasteiger partial charge is 0.159 e. The standard InChI is InChI=1S/C22H27ClN2O3.ClH/c1-16-3-6-19(23)13-22(16)25-11-9-24(10-12-25)14-20(27)15-28-21-7-4-18(5-8-21)17(2)26;/h3-8,13,20,27H,9-12,14-15H2,1-2H3;1H. The minimum absolute atomic E-state index is 0. The van der Waals surface area contributed by atoms with E-state index in [2.05, 4.69) is 16.7 Å². The molecule has 1 fully saturated rings. The van der Waals surface area contributed by atoms with Gasteiger partial charge < -0.3 is 14.7 Å². The molecule has 1 N–H and O–H groups in total. The number of Topliss-reactive ketones (excluding diaryl/α,β-unsaturated/α-hetero) is 1. The Morgan fingerprint density at radius 1 is 1.14 bits per heavy atom. The summed E-state index contributed by atoms with van der Waals surface area (Å²) in [6.45, 7) is 8.02. The van der Waals surface area contributed by atoms with Crippen LogP contribution >= 0.6 is 24.0 Å². The van der Waals surface area contributed by atoms with Gasteiger partial charge in [-0.3, -0.25) is 9.69 Å². The van der Waals surface area contributed by atoms with Crippen LogP contribution in [-0.2, 0) is 0 Å². The number of rotatable bonds is 7. The largest absolute Gasteiger partial charge is 0.491 e. The topological polar surface area (TPSA) is 53.0 Å². The lowest BCUT2D eigenvalue weighted by atomic mass is 10.1. The molecule has 0 saturated carbocycles. The molecule has 2 aromatic rings. The number of β-amino-alcohol motifs (C(OH)–C–C–N with tert-alkyl or cyclic N) is 1. The third-order valence-electron chi connectivity index (χ3n) is 5.06. The van der Waals surface area contributed by atoms with Gasteiger partial charge in [-0.15, -0.1) is 12.4 Å². The summed E-state index contributed by atoms with van der Waals surface area (Å²) in [6.07, 6.45) is -0.563. The molecule has 3 rings (SSSR count). The van der Waals surface area contributed by atoms with Gasteiger partial charge in [0.15, 0.2) is 5.78 Å². The van der Waals surface area contributed by atoms with Crippen molar-refractivity contribution in [1.29, 1.82) is 0 Å². The first-order valence-electron chi connectivity index (χ1n) is 9.57. The van der Waals surface area contributed by atoms with Crippen molar-refractivity contribution in [3.63, 3.8) is 0 Å². The van der Waals surface area contributed by atoms with Crippen molar-refractivity contribution in [1.82, 2.24) is 4.90 Å². The summed E-state index contributed by atoms with van der Waals surface area (Å²) in [5.41, 5.74) is 3.06. The molecule has 7 heteroatoms. The number of halogens is 2.